The van der Waals surface area contributed by atoms with E-state index in [1.54, 1.807) is 27.3 Å². The molecule has 0 aliphatic heterocycles. The van der Waals surface area contributed by atoms with E-state index < -0.39 is 11.8 Å². The van der Waals surface area contributed by atoms with Gasteiger partial charge in [0.2, 0.25) is 5.79 Å². The summed E-state index contributed by atoms with van der Waals surface area (Å²) in [5.41, 5.74) is 1.79. The smallest absolute Gasteiger partial charge is 0.306 e. The molecular formula is C15H23NO4. The maximum absolute atomic E-state index is 10.8. The minimum atomic E-state index is -0.912. The van der Waals surface area contributed by atoms with Crippen LogP contribution in [0.1, 0.15) is 37.4 Å². The first-order valence-corrected chi connectivity index (χ1v) is 6.71. The van der Waals surface area contributed by atoms with Gasteiger partial charge in [0.05, 0.1) is 11.6 Å². The van der Waals surface area contributed by atoms with Crippen LogP contribution in [0.5, 0.6) is 0 Å². The first-order chi connectivity index (χ1) is 9.45. The lowest BCUT2D eigenvalue weighted by Crippen LogP contribution is -2.32. The number of aryl methyl sites for hydroxylation is 1. The normalized spacial score (nSPS) is 13.2. The second-order valence-corrected chi connectivity index (χ2v) is 5.01. The van der Waals surface area contributed by atoms with Crippen molar-refractivity contribution in [3.8, 4) is 0 Å². The molecule has 5 nitrogen and oxygen atoms in total. The average Bonchev–Trinajstić information content (AvgIpc) is 2.43. The van der Waals surface area contributed by atoms with Crippen LogP contribution in [-0.2, 0) is 20.1 Å². The summed E-state index contributed by atoms with van der Waals surface area (Å²) in [7, 11) is 3.16. The third-order valence-corrected chi connectivity index (χ3v) is 3.53. The minimum Gasteiger partial charge on any atom is -0.481 e. The molecule has 1 rings (SSSR count). The van der Waals surface area contributed by atoms with Gasteiger partial charge in [-0.15, -0.1) is 0 Å². The van der Waals surface area contributed by atoms with E-state index in [1.807, 2.05) is 19.1 Å². The van der Waals surface area contributed by atoms with Gasteiger partial charge in [-0.05, 0) is 37.5 Å². The molecule has 0 aliphatic carbocycles. The van der Waals surface area contributed by atoms with Crippen LogP contribution in [0.3, 0.4) is 0 Å². The molecule has 0 aromatic carbocycles. The van der Waals surface area contributed by atoms with Gasteiger partial charge in [0.1, 0.15) is 0 Å². The number of nitrogens with zero attached hydrogens (tertiary/aromatic N) is 1. The quantitative estimate of drug-likeness (QED) is 0.742. The van der Waals surface area contributed by atoms with Crippen LogP contribution >= 0.6 is 0 Å². The lowest BCUT2D eigenvalue weighted by Gasteiger charge is -2.30. The standard InChI is InChI=1S/C15H23NO4/c1-11-7-9-16-13(10-11)15(19-3,20-4)8-5-6-12(2)14(17)18/h7,9-10,12H,5-6,8H2,1-4H3,(H,17,18)/t12-/m1/s1. The number of ether oxygens (including phenoxy) is 2. The van der Waals surface area contributed by atoms with Crippen LogP contribution in [0.15, 0.2) is 18.3 Å². The van der Waals surface area contributed by atoms with Gasteiger partial charge in [0.25, 0.3) is 0 Å². The van der Waals surface area contributed by atoms with Crippen molar-refractivity contribution < 1.29 is 19.4 Å². The zero-order valence-electron chi connectivity index (χ0n) is 12.5. The second-order valence-electron chi connectivity index (χ2n) is 5.01. The molecule has 0 spiro atoms. The molecule has 0 fully saturated rings. The molecule has 0 unspecified atom stereocenters. The van der Waals surface area contributed by atoms with Gasteiger partial charge >= 0.3 is 5.97 Å². The number of aromatic nitrogens is 1. The van der Waals surface area contributed by atoms with E-state index in [2.05, 4.69) is 4.98 Å². The van der Waals surface area contributed by atoms with Gasteiger partial charge in [0, 0.05) is 26.8 Å². The highest BCUT2D eigenvalue weighted by Crippen LogP contribution is 2.31. The lowest BCUT2D eigenvalue weighted by atomic mass is 9.98. The average molecular weight is 281 g/mol. The molecule has 1 aromatic rings. The Kier molecular flexibility index (Phi) is 6.10. The van der Waals surface area contributed by atoms with Gasteiger partial charge in [0.15, 0.2) is 0 Å². The largest absolute Gasteiger partial charge is 0.481 e. The monoisotopic (exact) mass is 281 g/mol. The highest BCUT2D eigenvalue weighted by molar-refractivity contribution is 5.69. The summed E-state index contributed by atoms with van der Waals surface area (Å²) in [6, 6.07) is 3.83. The van der Waals surface area contributed by atoms with Crippen molar-refractivity contribution in [1.29, 1.82) is 0 Å². The van der Waals surface area contributed by atoms with Crippen LogP contribution in [0.25, 0.3) is 0 Å². The second kappa shape index (κ2) is 7.36. The zero-order chi connectivity index (χ0) is 15.2. The summed E-state index contributed by atoms with van der Waals surface area (Å²) < 4.78 is 11.1. The highest BCUT2D eigenvalue weighted by Gasteiger charge is 2.33. The number of rotatable bonds is 8. The number of carbonyl (C=O) groups is 1. The van der Waals surface area contributed by atoms with E-state index in [9.17, 15) is 4.79 Å². The van der Waals surface area contributed by atoms with Gasteiger partial charge in [-0.3, -0.25) is 9.78 Å². The van der Waals surface area contributed by atoms with E-state index in [-0.39, 0.29) is 5.92 Å². The van der Waals surface area contributed by atoms with E-state index in [1.165, 1.54) is 0 Å². The topological polar surface area (TPSA) is 68.7 Å². The van der Waals surface area contributed by atoms with Crippen LogP contribution in [0, 0.1) is 12.8 Å². The summed E-state index contributed by atoms with van der Waals surface area (Å²) in [5.74, 6) is -2.06. The van der Waals surface area contributed by atoms with E-state index in [0.717, 1.165) is 5.56 Å². The molecule has 1 aromatic heterocycles. The molecule has 0 bridgehead atoms. The van der Waals surface area contributed by atoms with Crippen molar-refractivity contribution in [2.24, 2.45) is 5.92 Å². The summed E-state index contributed by atoms with van der Waals surface area (Å²) in [4.78, 5) is 15.2. The third kappa shape index (κ3) is 4.02. The molecule has 0 amide bonds. The molecular weight excluding hydrogens is 258 g/mol. The molecule has 0 aliphatic rings. The van der Waals surface area contributed by atoms with Crippen LogP contribution < -0.4 is 0 Å². The summed E-state index contributed by atoms with van der Waals surface area (Å²) >= 11 is 0. The number of carboxylic acid groups (broad SMARTS) is 1. The van der Waals surface area contributed by atoms with E-state index >= 15 is 0 Å². The Balaban J connectivity index is 2.79. The molecule has 1 N–H and O–H groups in total. The van der Waals surface area contributed by atoms with Gasteiger partial charge in [-0.1, -0.05) is 6.92 Å². The van der Waals surface area contributed by atoms with Crippen molar-refractivity contribution in [3.05, 3.63) is 29.6 Å². The van der Waals surface area contributed by atoms with Gasteiger partial charge in [-0.25, -0.2) is 0 Å². The SMILES string of the molecule is COC(CCC[C@@H](C)C(=O)O)(OC)c1cc(C)ccn1. The van der Waals surface area contributed by atoms with E-state index in [0.29, 0.717) is 25.0 Å². The van der Waals surface area contributed by atoms with Crippen LogP contribution in [0.2, 0.25) is 0 Å². The highest BCUT2D eigenvalue weighted by atomic mass is 16.7. The fraction of sp³-hybridized carbons (Fsp3) is 0.600. The predicted molar refractivity (Wildman–Crippen MR) is 75.3 cm³/mol. The number of aliphatic carboxylic acids is 1. The number of carboxylic acids is 1. The molecule has 0 radical (unpaired) electrons. The fourth-order valence-electron chi connectivity index (χ4n) is 2.13. The Bertz CT molecular complexity index is 443. The molecule has 0 saturated heterocycles. The molecule has 1 atom stereocenters. The third-order valence-electron chi connectivity index (χ3n) is 3.53. The first-order valence-electron chi connectivity index (χ1n) is 6.71. The molecule has 112 valence electrons. The summed E-state index contributed by atoms with van der Waals surface area (Å²) in [6.07, 6.45) is 3.55. The Morgan fingerprint density at radius 1 is 1.45 bits per heavy atom. The summed E-state index contributed by atoms with van der Waals surface area (Å²) in [6.45, 7) is 3.68. The van der Waals surface area contributed by atoms with Crippen LogP contribution in [-0.4, -0.2) is 30.3 Å². The summed E-state index contributed by atoms with van der Waals surface area (Å²) in [5, 5.41) is 8.90. The zero-order valence-corrected chi connectivity index (χ0v) is 12.5. The Morgan fingerprint density at radius 2 is 2.10 bits per heavy atom. The minimum absolute atomic E-state index is 0.369. The van der Waals surface area contributed by atoms with Crippen molar-refractivity contribution in [2.75, 3.05) is 14.2 Å². The van der Waals surface area contributed by atoms with E-state index in [4.69, 9.17) is 14.6 Å². The first kappa shape index (κ1) is 16.6. The number of methoxy groups -OCH3 is 2. The number of hydrogen-bond acceptors (Lipinski definition) is 4. The van der Waals surface area contributed by atoms with Crippen molar-refractivity contribution in [3.63, 3.8) is 0 Å². The Hall–Kier alpha value is -1.46. The van der Waals surface area contributed by atoms with Crippen molar-refractivity contribution >= 4 is 5.97 Å². The molecule has 5 heteroatoms. The molecule has 20 heavy (non-hydrogen) atoms. The Morgan fingerprint density at radius 3 is 2.60 bits per heavy atom. The van der Waals surface area contributed by atoms with Crippen molar-refractivity contribution in [1.82, 2.24) is 4.98 Å². The Labute approximate surface area is 119 Å². The molecule has 1 heterocycles. The lowest BCUT2D eigenvalue weighted by molar-refractivity contribution is -0.223. The maximum atomic E-state index is 10.8. The van der Waals surface area contributed by atoms with Crippen molar-refractivity contribution in [2.45, 2.75) is 38.9 Å². The number of pyridine rings is 1. The predicted octanol–water partition coefficient (Wildman–Crippen LogP) is 2.73. The maximum Gasteiger partial charge on any atom is 0.306 e. The number of hydrogen-bond donors (Lipinski definition) is 1. The molecule has 0 saturated carbocycles. The van der Waals surface area contributed by atoms with Gasteiger partial charge < -0.3 is 14.6 Å². The fourth-order valence-corrected chi connectivity index (χ4v) is 2.13. The van der Waals surface area contributed by atoms with Crippen LogP contribution in [0.4, 0.5) is 0 Å². The van der Waals surface area contributed by atoms with Gasteiger partial charge in [-0.2, -0.15) is 0 Å².